The van der Waals surface area contributed by atoms with E-state index in [4.69, 9.17) is 0 Å². The molecule has 2 N–H and O–H groups in total. The van der Waals surface area contributed by atoms with Gasteiger partial charge in [-0.3, -0.25) is 9.59 Å². The summed E-state index contributed by atoms with van der Waals surface area (Å²) in [5, 5.41) is 5.18. The molecule has 1 aliphatic rings. The van der Waals surface area contributed by atoms with E-state index >= 15 is 0 Å². The van der Waals surface area contributed by atoms with E-state index in [2.05, 4.69) is 15.6 Å². The van der Waals surface area contributed by atoms with Crippen molar-refractivity contribution in [3.05, 3.63) is 59.5 Å². The molecule has 28 heavy (non-hydrogen) atoms. The van der Waals surface area contributed by atoms with Crippen LogP contribution in [0.3, 0.4) is 0 Å². The Morgan fingerprint density at radius 3 is 2.75 bits per heavy atom. The number of thioether (sulfide) groups is 1. The third-order valence-corrected chi connectivity index (χ3v) is 5.80. The predicted octanol–water partition coefficient (Wildman–Crippen LogP) is 1.75. The van der Waals surface area contributed by atoms with E-state index in [0.717, 1.165) is 11.4 Å². The second-order valence-electron chi connectivity index (χ2n) is 6.82. The van der Waals surface area contributed by atoms with Gasteiger partial charge in [-0.05, 0) is 29.7 Å². The first-order valence-electron chi connectivity index (χ1n) is 8.99. The molecule has 0 bridgehead atoms. The molecule has 2 atom stereocenters. The first-order chi connectivity index (χ1) is 13.4. The first kappa shape index (κ1) is 20.1. The van der Waals surface area contributed by atoms with Crippen LogP contribution in [0.15, 0.2) is 42.6 Å². The maximum atomic E-state index is 13.8. The first-order valence-corrected chi connectivity index (χ1v) is 10.0. The summed E-state index contributed by atoms with van der Waals surface area (Å²) in [4.78, 5) is 30.9. The number of halogens is 1. The summed E-state index contributed by atoms with van der Waals surface area (Å²) in [5.74, 6) is 0.504. The van der Waals surface area contributed by atoms with Crippen LogP contribution >= 0.6 is 11.8 Å². The van der Waals surface area contributed by atoms with Gasteiger partial charge >= 0.3 is 0 Å². The Bertz CT molecular complexity index is 844. The molecule has 0 aliphatic carbocycles. The van der Waals surface area contributed by atoms with Gasteiger partial charge in [-0.1, -0.05) is 24.3 Å². The highest BCUT2D eigenvalue weighted by molar-refractivity contribution is 8.00. The molecule has 0 saturated carbocycles. The molecule has 1 saturated heterocycles. The van der Waals surface area contributed by atoms with E-state index in [1.165, 1.54) is 17.8 Å². The molecule has 1 aromatic carbocycles. The minimum absolute atomic E-state index is 0.234. The Balaban J connectivity index is 1.50. The number of hydrogen-bond acceptors (Lipinski definition) is 5. The molecule has 0 radical (unpaired) electrons. The Morgan fingerprint density at radius 1 is 1.32 bits per heavy atom. The molecule has 148 valence electrons. The lowest BCUT2D eigenvalue weighted by molar-refractivity contribution is -0.128. The predicted molar refractivity (Wildman–Crippen MR) is 109 cm³/mol. The van der Waals surface area contributed by atoms with Gasteiger partial charge in [-0.15, -0.1) is 11.8 Å². The largest absolute Gasteiger partial charge is 0.363 e. The van der Waals surface area contributed by atoms with E-state index < -0.39 is 11.3 Å². The molecular formula is C20H23FN4O2S. The summed E-state index contributed by atoms with van der Waals surface area (Å²) in [6, 6.07) is 9.63. The number of amides is 2. The molecule has 1 aromatic heterocycles. The second kappa shape index (κ2) is 9.05. The summed E-state index contributed by atoms with van der Waals surface area (Å²) in [6.07, 6.45) is 2.02. The lowest BCUT2D eigenvalue weighted by Gasteiger charge is -2.28. The molecule has 1 aliphatic heterocycles. The van der Waals surface area contributed by atoms with E-state index in [1.807, 2.05) is 31.1 Å². The summed E-state index contributed by atoms with van der Waals surface area (Å²) < 4.78 is 13.8. The van der Waals surface area contributed by atoms with Gasteiger partial charge in [0.2, 0.25) is 11.8 Å². The molecule has 0 spiro atoms. The van der Waals surface area contributed by atoms with Crippen molar-refractivity contribution < 1.29 is 14.0 Å². The molecule has 1 fully saturated rings. The van der Waals surface area contributed by atoms with Crippen LogP contribution in [0.25, 0.3) is 0 Å². The lowest BCUT2D eigenvalue weighted by atomic mass is 10.1. The van der Waals surface area contributed by atoms with Crippen LogP contribution in [0.1, 0.15) is 11.1 Å². The number of carbonyl (C=O) groups excluding carboxylic acids is 2. The zero-order valence-electron chi connectivity index (χ0n) is 15.8. The van der Waals surface area contributed by atoms with Crippen LogP contribution in [0.5, 0.6) is 0 Å². The zero-order chi connectivity index (χ0) is 20.1. The van der Waals surface area contributed by atoms with E-state index in [9.17, 15) is 14.0 Å². The van der Waals surface area contributed by atoms with Crippen molar-refractivity contribution in [1.82, 2.24) is 15.6 Å². The van der Waals surface area contributed by atoms with Crippen LogP contribution in [0, 0.1) is 5.82 Å². The Morgan fingerprint density at radius 2 is 2.11 bits per heavy atom. The number of benzene rings is 1. The Hall–Kier alpha value is -2.61. The summed E-state index contributed by atoms with van der Waals surface area (Å²) in [5.41, 5.74) is 1.39. The quantitative estimate of drug-likeness (QED) is 0.770. The van der Waals surface area contributed by atoms with Gasteiger partial charge in [-0.2, -0.15) is 0 Å². The summed E-state index contributed by atoms with van der Waals surface area (Å²) in [7, 11) is 3.82. The fourth-order valence-corrected chi connectivity index (χ4v) is 4.03. The topological polar surface area (TPSA) is 74.3 Å². The molecule has 2 heterocycles. The molecule has 8 heteroatoms. The number of hydrogen-bond donors (Lipinski definition) is 2. The molecule has 6 nitrogen and oxygen atoms in total. The Kier molecular flexibility index (Phi) is 6.51. The number of nitrogens with one attached hydrogen (secondary N) is 2. The van der Waals surface area contributed by atoms with Crippen molar-refractivity contribution in [1.29, 1.82) is 0 Å². The van der Waals surface area contributed by atoms with Crippen molar-refractivity contribution >= 4 is 29.4 Å². The number of anilines is 1. The van der Waals surface area contributed by atoms with Crippen LogP contribution in [0.4, 0.5) is 10.2 Å². The highest BCUT2D eigenvalue weighted by Gasteiger charge is 2.32. The number of aromatic nitrogens is 1. The van der Waals surface area contributed by atoms with Gasteiger partial charge in [0.15, 0.2) is 0 Å². The molecule has 3 rings (SSSR count). The number of carbonyl (C=O) groups is 2. The number of nitrogens with zero attached hydrogens (tertiary/aromatic N) is 2. The minimum atomic E-state index is -0.594. The third kappa shape index (κ3) is 5.01. The molecular weight excluding hydrogens is 379 g/mol. The average molecular weight is 402 g/mol. The minimum Gasteiger partial charge on any atom is -0.363 e. The summed E-state index contributed by atoms with van der Waals surface area (Å²) >= 11 is 1.38. The van der Waals surface area contributed by atoms with Gasteiger partial charge in [0.1, 0.15) is 17.7 Å². The number of rotatable bonds is 6. The van der Waals surface area contributed by atoms with Crippen molar-refractivity contribution in [2.75, 3.05) is 24.7 Å². The maximum Gasteiger partial charge on any atom is 0.243 e. The molecule has 2 amide bonds. The van der Waals surface area contributed by atoms with E-state index in [1.54, 1.807) is 24.4 Å². The monoisotopic (exact) mass is 402 g/mol. The van der Waals surface area contributed by atoms with Crippen LogP contribution < -0.4 is 15.5 Å². The third-order valence-electron chi connectivity index (χ3n) is 4.49. The zero-order valence-corrected chi connectivity index (χ0v) is 16.6. The highest BCUT2D eigenvalue weighted by atomic mass is 32.2. The summed E-state index contributed by atoms with van der Waals surface area (Å²) in [6.45, 7) is 0.342. The second-order valence-corrected chi connectivity index (χ2v) is 8.05. The van der Waals surface area contributed by atoms with Crippen molar-refractivity contribution in [2.45, 2.75) is 24.3 Å². The van der Waals surface area contributed by atoms with Crippen molar-refractivity contribution in [2.24, 2.45) is 0 Å². The van der Waals surface area contributed by atoms with Gasteiger partial charge in [0.25, 0.3) is 0 Å². The van der Waals surface area contributed by atoms with E-state index in [-0.39, 0.29) is 17.6 Å². The van der Waals surface area contributed by atoms with Crippen molar-refractivity contribution in [3.63, 3.8) is 0 Å². The SMILES string of the molecule is CN(C)c1ccc(CNC(=O)[C@@H]2CS[C@@H](Cc3ccccc3F)C(=O)N2)cn1. The highest BCUT2D eigenvalue weighted by Crippen LogP contribution is 2.23. The lowest BCUT2D eigenvalue weighted by Crippen LogP contribution is -2.54. The molecule has 2 aromatic rings. The Labute approximate surface area is 167 Å². The van der Waals surface area contributed by atoms with Gasteiger partial charge in [-0.25, -0.2) is 9.37 Å². The standard InChI is InChI=1S/C20H23FN4O2S/c1-25(2)18-8-7-13(10-22-18)11-23-19(26)16-12-28-17(20(27)24-16)9-14-5-3-4-6-15(14)21/h3-8,10,16-17H,9,11-12H2,1-2H3,(H,23,26)(H,24,27)/t16-,17-/m0/s1. The van der Waals surface area contributed by atoms with Crippen LogP contribution in [-0.4, -0.2) is 47.9 Å². The van der Waals surface area contributed by atoms with Gasteiger partial charge < -0.3 is 15.5 Å². The number of pyridine rings is 1. The van der Waals surface area contributed by atoms with Crippen LogP contribution in [-0.2, 0) is 22.6 Å². The van der Waals surface area contributed by atoms with Crippen molar-refractivity contribution in [3.8, 4) is 0 Å². The molecule has 0 unspecified atom stereocenters. The van der Waals surface area contributed by atoms with Crippen LogP contribution in [0.2, 0.25) is 0 Å². The van der Waals surface area contributed by atoms with E-state index in [0.29, 0.717) is 24.3 Å². The van der Waals surface area contributed by atoms with Gasteiger partial charge in [0.05, 0.1) is 5.25 Å². The normalized spacial score (nSPS) is 19.0. The fraction of sp³-hybridized carbons (Fsp3) is 0.350. The fourth-order valence-electron chi connectivity index (χ4n) is 2.85. The van der Waals surface area contributed by atoms with Gasteiger partial charge in [0, 0.05) is 32.6 Å². The smallest absolute Gasteiger partial charge is 0.243 e. The average Bonchev–Trinajstić information content (AvgIpc) is 2.69. The maximum absolute atomic E-state index is 13.8.